The monoisotopic (exact) mass is 525 g/mol. The van der Waals surface area contributed by atoms with Gasteiger partial charge in [0.2, 0.25) is 9.70 Å². The molecule has 6 nitrogen and oxygen atoms in total. The molecule has 2 heterocycles. The summed E-state index contributed by atoms with van der Waals surface area (Å²) in [5.41, 5.74) is 8.49. The van der Waals surface area contributed by atoms with Crippen molar-refractivity contribution < 1.29 is 4.79 Å². The number of nitrogen functional groups attached to an aromatic ring is 1. The second-order valence-corrected chi connectivity index (χ2v) is 11.2. The third-order valence-corrected chi connectivity index (χ3v) is 6.90. The molecule has 2 aromatic rings. The van der Waals surface area contributed by atoms with E-state index in [0.717, 1.165) is 23.5 Å². The summed E-state index contributed by atoms with van der Waals surface area (Å²) in [6.45, 7) is 1.28. The largest absolute Gasteiger partial charge is 0.399 e. The van der Waals surface area contributed by atoms with E-state index in [1.165, 1.54) is 12.8 Å². The number of aryl methyl sites for hydroxylation is 1. The predicted molar refractivity (Wildman–Crippen MR) is 139 cm³/mol. The number of thiocarbonyl (C=S) groups is 1. The fourth-order valence-electron chi connectivity index (χ4n) is 3.90. The Labute approximate surface area is 214 Å². The van der Waals surface area contributed by atoms with E-state index in [9.17, 15) is 4.79 Å². The number of hydrogen-bond donors (Lipinski definition) is 2. The lowest BCUT2D eigenvalue weighted by atomic mass is 10.1. The summed E-state index contributed by atoms with van der Waals surface area (Å²) in [6.07, 6.45) is 3.02. The normalized spacial score (nSPS) is 17.7. The third kappa shape index (κ3) is 6.21. The van der Waals surface area contributed by atoms with Crippen LogP contribution in [-0.2, 0) is 11.2 Å². The van der Waals surface area contributed by atoms with Crippen molar-refractivity contribution in [3.8, 4) is 0 Å². The van der Waals surface area contributed by atoms with Crippen molar-refractivity contribution in [2.75, 3.05) is 23.7 Å². The fraction of sp³-hybridized carbons (Fsp3) is 0.435. The van der Waals surface area contributed by atoms with Gasteiger partial charge in [-0.3, -0.25) is 4.79 Å². The van der Waals surface area contributed by atoms with Gasteiger partial charge in [-0.2, -0.15) is 0 Å². The van der Waals surface area contributed by atoms with Crippen molar-refractivity contribution >= 4 is 69.5 Å². The van der Waals surface area contributed by atoms with Gasteiger partial charge in [0.05, 0.1) is 0 Å². The van der Waals surface area contributed by atoms with Gasteiger partial charge >= 0.3 is 0 Å². The van der Waals surface area contributed by atoms with Crippen LogP contribution >= 0.6 is 47.0 Å². The van der Waals surface area contributed by atoms with Crippen molar-refractivity contribution in [3.63, 3.8) is 0 Å². The van der Waals surface area contributed by atoms with E-state index in [1.807, 2.05) is 41.3 Å². The highest BCUT2D eigenvalue weighted by Crippen LogP contribution is 2.40. The molecule has 10 heteroatoms. The quantitative estimate of drug-likeness (QED) is 0.307. The highest BCUT2D eigenvalue weighted by Gasteiger charge is 2.42. The van der Waals surface area contributed by atoms with Crippen LogP contribution in [0.15, 0.2) is 42.5 Å². The van der Waals surface area contributed by atoms with Crippen molar-refractivity contribution in [2.45, 2.75) is 48.0 Å². The molecule has 0 spiro atoms. The molecule has 1 atom stereocenters. The third-order valence-electron chi connectivity index (χ3n) is 5.83. The number of alkyl halides is 3. The Balaban J connectivity index is 1.45. The molecule has 0 bridgehead atoms. The molecule has 0 radical (unpaired) electrons. The molecule has 2 fully saturated rings. The molecule has 1 saturated heterocycles. The van der Waals surface area contributed by atoms with Crippen LogP contribution in [0.2, 0.25) is 0 Å². The number of nitrogens with two attached hydrogens (primary N) is 1. The van der Waals surface area contributed by atoms with Crippen LogP contribution < -0.4 is 16.0 Å². The summed E-state index contributed by atoms with van der Waals surface area (Å²) in [5, 5.41) is 3.37. The Morgan fingerprint density at radius 3 is 2.58 bits per heavy atom. The van der Waals surface area contributed by atoms with Gasteiger partial charge < -0.3 is 20.9 Å². The summed E-state index contributed by atoms with van der Waals surface area (Å²) in [6, 6.07) is 13.4. The predicted octanol–water partition coefficient (Wildman–Crippen LogP) is 4.78. The zero-order valence-corrected chi connectivity index (χ0v) is 21.1. The minimum atomic E-state index is -1.77. The van der Waals surface area contributed by atoms with Gasteiger partial charge in [0, 0.05) is 36.8 Å². The second-order valence-electron chi connectivity index (χ2n) is 8.43. The van der Waals surface area contributed by atoms with Crippen LogP contribution in [-0.4, -0.2) is 44.0 Å². The summed E-state index contributed by atoms with van der Waals surface area (Å²) < 4.78 is -1.77. The van der Waals surface area contributed by atoms with E-state index in [-0.39, 0.29) is 12.3 Å². The van der Waals surface area contributed by atoms with E-state index in [0.29, 0.717) is 36.2 Å². The van der Waals surface area contributed by atoms with E-state index in [1.54, 1.807) is 4.90 Å². The lowest BCUT2D eigenvalue weighted by Gasteiger charge is -2.44. The molecule has 1 aliphatic carbocycles. The van der Waals surface area contributed by atoms with Crippen LogP contribution in [0, 0.1) is 0 Å². The topological polar surface area (TPSA) is 74.5 Å². The molecule has 1 aromatic heterocycles. The van der Waals surface area contributed by atoms with E-state index in [2.05, 4.69) is 11.4 Å². The molecule has 1 saturated carbocycles. The number of nitrogens with one attached hydrogen (secondary N) is 1. The number of aromatic nitrogens is 1. The Bertz CT molecular complexity index is 1010. The standard InChI is InChI=1S/C23H26Cl3N5OS/c24-23(25,26)21(29-20(32)12-7-15-5-10-17(27)11-6-15)31-14-2-13-30(22(31)33)19-4-1-3-18(28-19)16-8-9-16/h1,3-6,10-11,16,21H,2,7-9,12-14,27H2,(H,29,32). The lowest BCUT2D eigenvalue weighted by Crippen LogP contribution is -2.62. The van der Waals surface area contributed by atoms with Gasteiger partial charge in [-0.05, 0) is 67.7 Å². The first-order chi connectivity index (χ1) is 15.7. The summed E-state index contributed by atoms with van der Waals surface area (Å²) >= 11 is 24.7. The van der Waals surface area contributed by atoms with Crippen LogP contribution in [0.1, 0.15) is 42.9 Å². The van der Waals surface area contributed by atoms with Crippen LogP contribution in [0.3, 0.4) is 0 Å². The number of carbonyl (C=O) groups excluding carboxylic acids is 1. The first kappa shape index (κ1) is 24.3. The zero-order valence-electron chi connectivity index (χ0n) is 18.0. The van der Waals surface area contributed by atoms with Gasteiger partial charge in [-0.25, -0.2) is 4.98 Å². The number of nitrogens with zero attached hydrogens (tertiary/aromatic N) is 3. The second kappa shape index (κ2) is 10.2. The molecule has 4 rings (SSSR count). The first-order valence-corrected chi connectivity index (χ1v) is 12.5. The van der Waals surface area contributed by atoms with Crippen LogP contribution in [0.4, 0.5) is 11.5 Å². The lowest BCUT2D eigenvalue weighted by molar-refractivity contribution is -0.122. The van der Waals surface area contributed by atoms with Crippen molar-refractivity contribution in [3.05, 3.63) is 53.7 Å². The number of amides is 1. The molecule has 1 aromatic carbocycles. The Hall–Kier alpha value is -1.80. The number of benzene rings is 1. The van der Waals surface area contributed by atoms with Gasteiger partial charge in [0.15, 0.2) is 11.3 Å². The number of pyridine rings is 1. The minimum Gasteiger partial charge on any atom is -0.399 e. The van der Waals surface area contributed by atoms with E-state index < -0.39 is 9.96 Å². The average molecular weight is 527 g/mol. The fourth-order valence-corrected chi connectivity index (χ4v) is 4.80. The van der Waals surface area contributed by atoms with Crippen LogP contribution in [0.25, 0.3) is 0 Å². The number of rotatable bonds is 7. The zero-order chi connectivity index (χ0) is 23.6. The van der Waals surface area contributed by atoms with Crippen molar-refractivity contribution in [2.24, 2.45) is 0 Å². The number of anilines is 2. The Kier molecular flexibility index (Phi) is 7.53. The molecule has 3 N–H and O–H groups in total. The number of halogens is 3. The number of carbonyl (C=O) groups is 1. The van der Waals surface area contributed by atoms with Gasteiger partial charge in [0.1, 0.15) is 5.82 Å². The van der Waals surface area contributed by atoms with Gasteiger partial charge in [-0.15, -0.1) is 0 Å². The molecule has 1 amide bonds. The minimum absolute atomic E-state index is 0.225. The Morgan fingerprint density at radius 1 is 1.18 bits per heavy atom. The molecule has 1 unspecified atom stereocenters. The molecule has 1 aliphatic heterocycles. The highest BCUT2D eigenvalue weighted by molar-refractivity contribution is 7.80. The summed E-state index contributed by atoms with van der Waals surface area (Å²) in [5.74, 6) is 1.09. The maximum Gasteiger partial charge on any atom is 0.228 e. The summed E-state index contributed by atoms with van der Waals surface area (Å²) in [7, 11) is 0. The smallest absolute Gasteiger partial charge is 0.228 e. The molecule has 33 heavy (non-hydrogen) atoms. The molecule has 176 valence electrons. The van der Waals surface area contributed by atoms with E-state index >= 15 is 0 Å². The number of hydrogen-bond acceptors (Lipinski definition) is 4. The average Bonchev–Trinajstić information content (AvgIpc) is 3.62. The van der Waals surface area contributed by atoms with Gasteiger partial charge in [0.25, 0.3) is 0 Å². The maximum absolute atomic E-state index is 12.8. The van der Waals surface area contributed by atoms with Gasteiger partial charge in [-0.1, -0.05) is 53.0 Å². The van der Waals surface area contributed by atoms with Crippen LogP contribution in [0.5, 0.6) is 0 Å². The highest BCUT2D eigenvalue weighted by atomic mass is 35.6. The summed E-state index contributed by atoms with van der Waals surface area (Å²) in [4.78, 5) is 21.3. The molecule has 2 aliphatic rings. The first-order valence-electron chi connectivity index (χ1n) is 11.0. The molecular weight excluding hydrogens is 501 g/mol. The SMILES string of the molecule is Nc1ccc(CCC(=O)NC(N2CCCN(c3cccc(C4CC4)n3)C2=S)C(Cl)(Cl)Cl)cc1. The Morgan fingerprint density at radius 2 is 1.91 bits per heavy atom. The maximum atomic E-state index is 12.8. The molecular formula is C23H26Cl3N5OS. The van der Waals surface area contributed by atoms with Crippen molar-refractivity contribution in [1.29, 1.82) is 0 Å². The van der Waals surface area contributed by atoms with E-state index in [4.69, 9.17) is 57.7 Å². The van der Waals surface area contributed by atoms with Crippen molar-refractivity contribution in [1.82, 2.24) is 15.2 Å².